The van der Waals surface area contributed by atoms with Crippen molar-refractivity contribution in [2.75, 3.05) is 0 Å². The quantitative estimate of drug-likeness (QED) is 0.662. The van der Waals surface area contributed by atoms with Gasteiger partial charge in [-0.3, -0.25) is 4.99 Å². The largest absolute Gasteiger partial charge is 0.387 e. The highest BCUT2D eigenvalue weighted by molar-refractivity contribution is 5.96. The Balaban J connectivity index is 2.09. The van der Waals surface area contributed by atoms with Crippen molar-refractivity contribution in [3.8, 4) is 0 Å². The van der Waals surface area contributed by atoms with Crippen LogP contribution in [0.4, 0.5) is 5.69 Å². The average molecular weight is 187 g/mol. The smallest absolute Gasteiger partial charge is 0.0924 e. The number of aliphatic imine (C=N–C) groups is 1. The van der Waals surface area contributed by atoms with Gasteiger partial charge in [0.1, 0.15) is 0 Å². The van der Waals surface area contributed by atoms with E-state index < -0.39 is 0 Å². The van der Waals surface area contributed by atoms with Gasteiger partial charge in [-0.2, -0.15) is 0 Å². The first-order valence-electron chi connectivity index (χ1n) is 5.19. The van der Waals surface area contributed by atoms with E-state index in [0.29, 0.717) is 5.92 Å². The number of nitrogens with zero attached hydrogens (tertiary/aromatic N) is 1. The lowest BCUT2D eigenvalue weighted by Gasteiger charge is -2.19. The number of para-hydroxylation sites is 1. The van der Waals surface area contributed by atoms with Crippen LogP contribution in [0.2, 0.25) is 0 Å². The van der Waals surface area contributed by atoms with Crippen LogP contribution >= 0.6 is 0 Å². The maximum absolute atomic E-state index is 9.72. The number of aliphatic hydroxyl groups is 1. The number of aliphatic hydroxyl groups excluding tert-OH is 1. The molecule has 1 aliphatic carbocycles. The van der Waals surface area contributed by atoms with E-state index in [0.717, 1.165) is 30.7 Å². The molecule has 0 aromatic heterocycles. The van der Waals surface area contributed by atoms with Gasteiger partial charge in [0.25, 0.3) is 0 Å². The highest BCUT2D eigenvalue weighted by Crippen LogP contribution is 2.35. The van der Waals surface area contributed by atoms with Gasteiger partial charge in [0.05, 0.1) is 17.5 Å². The number of benzene rings is 1. The van der Waals surface area contributed by atoms with Gasteiger partial charge < -0.3 is 5.11 Å². The van der Waals surface area contributed by atoms with Crippen LogP contribution < -0.4 is 0 Å². The Morgan fingerprint density at radius 2 is 2.07 bits per heavy atom. The molecule has 0 radical (unpaired) electrons. The molecule has 1 heterocycles. The maximum atomic E-state index is 9.72. The monoisotopic (exact) mass is 187 g/mol. The molecule has 2 heteroatoms. The Morgan fingerprint density at radius 3 is 3.00 bits per heavy atom. The van der Waals surface area contributed by atoms with Crippen molar-refractivity contribution in [3.05, 3.63) is 29.8 Å². The maximum Gasteiger partial charge on any atom is 0.0924 e. The molecule has 2 nitrogen and oxygen atoms in total. The molecule has 1 saturated carbocycles. The molecule has 1 fully saturated rings. The highest BCUT2D eigenvalue weighted by atomic mass is 16.3. The first-order chi connectivity index (χ1) is 6.84. The van der Waals surface area contributed by atoms with Crippen LogP contribution in [-0.2, 0) is 6.42 Å². The fourth-order valence-electron chi connectivity index (χ4n) is 2.50. The van der Waals surface area contributed by atoms with Gasteiger partial charge in [-0.15, -0.1) is 0 Å². The second kappa shape index (κ2) is 2.92. The normalized spacial score (nSPS) is 29.4. The summed E-state index contributed by atoms with van der Waals surface area (Å²) in [7, 11) is 0. The zero-order chi connectivity index (χ0) is 9.54. The summed E-state index contributed by atoms with van der Waals surface area (Å²) in [6.45, 7) is 0. The van der Waals surface area contributed by atoms with Crippen LogP contribution in [-0.4, -0.2) is 16.9 Å². The number of hydrogen-bond donors (Lipinski definition) is 1. The summed E-state index contributed by atoms with van der Waals surface area (Å²) in [6, 6.07) is 8.24. The molecular formula is C12H13NO. The SMILES string of the molecule is O[C@@H]1CC[C@H]2Cc3ccccc3N=C21. The fraction of sp³-hybridized carbons (Fsp3) is 0.417. The van der Waals surface area contributed by atoms with Gasteiger partial charge in [-0.05, 0) is 30.9 Å². The van der Waals surface area contributed by atoms with Gasteiger partial charge in [0, 0.05) is 5.92 Å². The average Bonchev–Trinajstić information content (AvgIpc) is 2.57. The molecule has 14 heavy (non-hydrogen) atoms. The number of hydrogen-bond acceptors (Lipinski definition) is 2. The van der Waals surface area contributed by atoms with Crippen LogP contribution in [0.1, 0.15) is 18.4 Å². The van der Waals surface area contributed by atoms with E-state index in [1.807, 2.05) is 12.1 Å². The van der Waals surface area contributed by atoms with Gasteiger partial charge >= 0.3 is 0 Å². The molecule has 0 unspecified atom stereocenters. The third-order valence-electron chi connectivity index (χ3n) is 3.26. The van der Waals surface area contributed by atoms with E-state index in [-0.39, 0.29) is 6.10 Å². The van der Waals surface area contributed by atoms with E-state index in [1.54, 1.807) is 0 Å². The second-order valence-corrected chi connectivity index (χ2v) is 4.16. The van der Waals surface area contributed by atoms with Gasteiger partial charge in [-0.25, -0.2) is 0 Å². The van der Waals surface area contributed by atoms with Crippen LogP contribution in [0.25, 0.3) is 0 Å². The van der Waals surface area contributed by atoms with Gasteiger partial charge in [-0.1, -0.05) is 18.2 Å². The molecule has 1 aromatic rings. The zero-order valence-corrected chi connectivity index (χ0v) is 7.98. The van der Waals surface area contributed by atoms with Crippen molar-refractivity contribution in [1.29, 1.82) is 0 Å². The highest BCUT2D eigenvalue weighted by Gasteiger charge is 2.33. The Hall–Kier alpha value is -1.15. The van der Waals surface area contributed by atoms with Crippen LogP contribution in [0.3, 0.4) is 0 Å². The molecule has 3 rings (SSSR count). The third kappa shape index (κ3) is 1.11. The molecule has 0 bridgehead atoms. The van der Waals surface area contributed by atoms with Crippen molar-refractivity contribution in [2.45, 2.75) is 25.4 Å². The lowest BCUT2D eigenvalue weighted by molar-refractivity contribution is 0.242. The second-order valence-electron chi connectivity index (χ2n) is 4.16. The summed E-state index contributed by atoms with van der Waals surface area (Å²) >= 11 is 0. The summed E-state index contributed by atoms with van der Waals surface area (Å²) in [5.74, 6) is 0.500. The van der Waals surface area contributed by atoms with E-state index >= 15 is 0 Å². The lowest BCUT2D eigenvalue weighted by Crippen LogP contribution is -2.22. The Kier molecular flexibility index (Phi) is 1.71. The predicted octanol–water partition coefficient (Wildman–Crippen LogP) is 2.09. The fourth-order valence-corrected chi connectivity index (χ4v) is 2.50. The molecule has 0 amide bonds. The predicted molar refractivity (Wildman–Crippen MR) is 56.0 cm³/mol. The zero-order valence-electron chi connectivity index (χ0n) is 7.98. The Morgan fingerprint density at radius 1 is 1.21 bits per heavy atom. The van der Waals surface area contributed by atoms with Crippen molar-refractivity contribution in [1.82, 2.24) is 0 Å². The summed E-state index contributed by atoms with van der Waals surface area (Å²) in [5.41, 5.74) is 3.40. The minimum absolute atomic E-state index is 0.284. The minimum Gasteiger partial charge on any atom is -0.387 e. The molecule has 2 atom stereocenters. The third-order valence-corrected chi connectivity index (χ3v) is 3.26. The molecule has 0 spiro atoms. The summed E-state index contributed by atoms with van der Waals surface area (Å²) < 4.78 is 0. The molecule has 72 valence electrons. The summed E-state index contributed by atoms with van der Waals surface area (Å²) in [5, 5.41) is 9.72. The molecule has 0 saturated heterocycles. The van der Waals surface area contributed by atoms with Crippen molar-refractivity contribution in [3.63, 3.8) is 0 Å². The van der Waals surface area contributed by atoms with Crippen LogP contribution in [0.15, 0.2) is 29.3 Å². The summed E-state index contributed by atoms with van der Waals surface area (Å²) in [4.78, 5) is 4.56. The Bertz CT molecular complexity index is 397. The summed E-state index contributed by atoms with van der Waals surface area (Å²) in [6.07, 6.45) is 2.76. The molecule has 1 aliphatic heterocycles. The van der Waals surface area contributed by atoms with Gasteiger partial charge in [0.15, 0.2) is 0 Å². The standard InChI is InChI=1S/C12H13NO/c14-11-6-5-9-7-8-3-1-2-4-10(8)13-12(9)11/h1-4,9,11,14H,5-7H2/t9-,11+/m0/s1. The first kappa shape index (κ1) is 8.18. The molecule has 2 aliphatic rings. The van der Waals surface area contributed by atoms with Crippen molar-refractivity contribution in [2.24, 2.45) is 10.9 Å². The number of fused-ring (bicyclic) bond motifs is 2. The van der Waals surface area contributed by atoms with Crippen LogP contribution in [0, 0.1) is 5.92 Å². The van der Waals surface area contributed by atoms with E-state index in [9.17, 15) is 5.11 Å². The first-order valence-corrected chi connectivity index (χ1v) is 5.19. The van der Waals surface area contributed by atoms with E-state index in [1.165, 1.54) is 5.56 Å². The van der Waals surface area contributed by atoms with Gasteiger partial charge in [0.2, 0.25) is 0 Å². The van der Waals surface area contributed by atoms with Crippen molar-refractivity contribution >= 4 is 11.4 Å². The minimum atomic E-state index is -0.284. The van der Waals surface area contributed by atoms with Crippen molar-refractivity contribution < 1.29 is 5.11 Å². The van der Waals surface area contributed by atoms with E-state index in [2.05, 4.69) is 17.1 Å². The molecular weight excluding hydrogens is 174 g/mol. The van der Waals surface area contributed by atoms with E-state index in [4.69, 9.17) is 0 Å². The molecule has 1 aromatic carbocycles. The Labute approximate surface area is 83.3 Å². The lowest BCUT2D eigenvalue weighted by atomic mass is 9.92. The van der Waals surface area contributed by atoms with Crippen LogP contribution in [0.5, 0.6) is 0 Å². The topological polar surface area (TPSA) is 32.6 Å². The number of rotatable bonds is 0. The molecule has 1 N–H and O–H groups in total.